The van der Waals surface area contributed by atoms with Gasteiger partial charge in [-0.25, -0.2) is 8.42 Å². The first-order chi connectivity index (χ1) is 8.52. The van der Waals surface area contributed by atoms with Gasteiger partial charge in [0.05, 0.1) is 11.5 Å². The summed E-state index contributed by atoms with van der Waals surface area (Å²) in [6.45, 7) is 2.11. The Labute approximate surface area is 108 Å². The van der Waals surface area contributed by atoms with Crippen LogP contribution in [0, 0.1) is 5.92 Å². The fourth-order valence-corrected chi connectivity index (χ4v) is 4.10. The van der Waals surface area contributed by atoms with Gasteiger partial charge in [-0.2, -0.15) is 0 Å². The molecule has 4 heteroatoms. The van der Waals surface area contributed by atoms with Gasteiger partial charge >= 0.3 is 0 Å². The second-order valence-electron chi connectivity index (χ2n) is 4.91. The molecule has 1 heterocycles. The van der Waals surface area contributed by atoms with E-state index in [4.69, 9.17) is 0 Å². The van der Waals surface area contributed by atoms with Gasteiger partial charge < -0.3 is 0 Å². The predicted molar refractivity (Wildman–Crippen MR) is 71.5 cm³/mol. The van der Waals surface area contributed by atoms with Crippen molar-refractivity contribution in [3.05, 3.63) is 35.4 Å². The Balaban J connectivity index is 2.10. The molecule has 0 N–H and O–H groups in total. The molecule has 1 atom stereocenters. The maximum absolute atomic E-state index is 12.1. The third kappa shape index (κ3) is 2.99. The molecule has 2 rings (SSSR count). The molecule has 1 aliphatic rings. The average molecular weight is 266 g/mol. The molecule has 0 aliphatic carbocycles. The van der Waals surface area contributed by atoms with E-state index in [0.29, 0.717) is 12.0 Å². The Morgan fingerprint density at radius 1 is 1.28 bits per heavy atom. The number of ketones is 1. The van der Waals surface area contributed by atoms with Crippen LogP contribution in [0.1, 0.15) is 35.7 Å². The highest BCUT2D eigenvalue weighted by Gasteiger charge is 2.33. The van der Waals surface area contributed by atoms with Crippen molar-refractivity contribution in [1.29, 1.82) is 0 Å². The molecular formula is C14H18O3S. The minimum absolute atomic E-state index is 0.0164. The van der Waals surface area contributed by atoms with E-state index >= 15 is 0 Å². The Morgan fingerprint density at radius 2 is 1.94 bits per heavy atom. The Bertz CT molecular complexity index is 529. The summed E-state index contributed by atoms with van der Waals surface area (Å²) < 4.78 is 22.7. The van der Waals surface area contributed by atoms with Crippen LogP contribution < -0.4 is 0 Å². The lowest BCUT2D eigenvalue weighted by atomic mass is 9.96. The molecule has 0 bridgehead atoms. The summed E-state index contributed by atoms with van der Waals surface area (Å²) in [4.78, 5) is 12.1. The van der Waals surface area contributed by atoms with E-state index in [1.54, 1.807) is 0 Å². The van der Waals surface area contributed by atoms with Crippen LogP contribution in [0.25, 0.3) is 0 Å². The normalized spacial score (nSPS) is 21.9. The van der Waals surface area contributed by atoms with E-state index in [0.717, 1.165) is 12.8 Å². The molecular weight excluding hydrogens is 248 g/mol. The van der Waals surface area contributed by atoms with Crippen LogP contribution in [0.5, 0.6) is 0 Å². The molecule has 1 aliphatic heterocycles. The minimum Gasteiger partial charge on any atom is -0.294 e. The second-order valence-corrected chi connectivity index (χ2v) is 7.14. The summed E-state index contributed by atoms with van der Waals surface area (Å²) in [6.07, 6.45) is 2.55. The van der Waals surface area contributed by atoms with Gasteiger partial charge in [-0.15, -0.1) is 0 Å². The number of carbonyl (C=O) groups excluding carboxylic acids is 1. The van der Waals surface area contributed by atoms with E-state index in [2.05, 4.69) is 6.92 Å². The zero-order chi connectivity index (χ0) is 13.2. The van der Waals surface area contributed by atoms with Crippen LogP contribution in [0.3, 0.4) is 0 Å². The summed E-state index contributed by atoms with van der Waals surface area (Å²) >= 11 is 0. The number of benzene rings is 1. The molecule has 1 aromatic rings. The zero-order valence-corrected chi connectivity index (χ0v) is 11.4. The van der Waals surface area contributed by atoms with Gasteiger partial charge in [-0.05, 0) is 18.4 Å². The molecule has 98 valence electrons. The zero-order valence-electron chi connectivity index (χ0n) is 10.6. The van der Waals surface area contributed by atoms with E-state index in [9.17, 15) is 13.2 Å². The van der Waals surface area contributed by atoms with Crippen molar-refractivity contribution in [1.82, 2.24) is 0 Å². The topological polar surface area (TPSA) is 51.2 Å². The Morgan fingerprint density at radius 3 is 2.44 bits per heavy atom. The molecule has 1 unspecified atom stereocenters. The molecule has 0 radical (unpaired) electrons. The van der Waals surface area contributed by atoms with Gasteiger partial charge in [-0.1, -0.05) is 37.6 Å². The van der Waals surface area contributed by atoms with Crippen LogP contribution >= 0.6 is 0 Å². The first-order valence-electron chi connectivity index (χ1n) is 6.35. The fraction of sp³-hybridized carbons (Fsp3) is 0.500. The van der Waals surface area contributed by atoms with Crippen molar-refractivity contribution in [3.8, 4) is 0 Å². The SMILES string of the molecule is CCCc1ccc(C(=O)C2CCS(=O)(=O)C2)cc1. The summed E-state index contributed by atoms with van der Waals surface area (Å²) in [6, 6.07) is 7.55. The van der Waals surface area contributed by atoms with Crippen LogP contribution in [0.4, 0.5) is 0 Å². The van der Waals surface area contributed by atoms with Gasteiger partial charge in [0.15, 0.2) is 15.6 Å². The first kappa shape index (κ1) is 13.3. The molecule has 0 saturated carbocycles. The maximum Gasteiger partial charge on any atom is 0.166 e. The highest BCUT2D eigenvalue weighted by atomic mass is 32.2. The van der Waals surface area contributed by atoms with Crippen LogP contribution in [0.15, 0.2) is 24.3 Å². The number of sulfone groups is 1. The molecule has 18 heavy (non-hydrogen) atoms. The smallest absolute Gasteiger partial charge is 0.166 e. The van der Waals surface area contributed by atoms with Gasteiger partial charge in [0.1, 0.15) is 0 Å². The number of aryl methyl sites for hydroxylation is 1. The standard InChI is InChI=1S/C14H18O3S/c1-2-3-11-4-6-12(7-5-11)14(15)13-8-9-18(16,17)10-13/h4-7,13H,2-3,8-10H2,1H3. The predicted octanol–water partition coefficient (Wildman–Crippen LogP) is 2.26. The van der Waals surface area contributed by atoms with E-state index < -0.39 is 9.84 Å². The van der Waals surface area contributed by atoms with Crippen LogP contribution in [0.2, 0.25) is 0 Å². The van der Waals surface area contributed by atoms with Crippen molar-refractivity contribution in [3.63, 3.8) is 0 Å². The number of Topliss-reactive ketones (excluding diaryl/α,β-unsaturated/α-hetero) is 1. The number of rotatable bonds is 4. The van der Waals surface area contributed by atoms with Crippen molar-refractivity contribution in [2.45, 2.75) is 26.2 Å². The Kier molecular flexibility index (Phi) is 3.85. The lowest BCUT2D eigenvalue weighted by molar-refractivity contribution is 0.0933. The first-order valence-corrected chi connectivity index (χ1v) is 8.17. The monoisotopic (exact) mass is 266 g/mol. The summed E-state index contributed by atoms with van der Waals surface area (Å²) in [5.41, 5.74) is 1.85. The Hall–Kier alpha value is -1.16. The van der Waals surface area contributed by atoms with Crippen molar-refractivity contribution >= 4 is 15.6 Å². The molecule has 3 nitrogen and oxygen atoms in total. The van der Waals surface area contributed by atoms with Crippen molar-refractivity contribution in [2.24, 2.45) is 5.92 Å². The number of hydrogen-bond acceptors (Lipinski definition) is 3. The summed E-state index contributed by atoms with van der Waals surface area (Å²) in [5, 5.41) is 0. The lowest BCUT2D eigenvalue weighted by Crippen LogP contribution is -2.16. The van der Waals surface area contributed by atoms with Gasteiger partial charge in [0.25, 0.3) is 0 Å². The van der Waals surface area contributed by atoms with Gasteiger partial charge in [0, 0.05) is 11.5 Å². The second kappa shape index (κ2) is 5.22. The molecule has 0 spiro atoms. The maximum atomic E-state index is 12.1. The molecule has 0 aromatic heterocycles. The van der Waals surface area contributed by atoms with Gasteiger partial charge in [-0.3, -0.25) is 4.79 Å². The molecule has 0 amide bonds. The summed E-state index contributed by atoms with van der Waals surface area (Å²) in [7, 11) is -2.99. The highest BCUT2D eigenvalue weighted by Crippen LogP contribution is 2.23. The average Bonchev–Trinajstić information content (AvgIpc) is 2.70. The van der Waals surface area contributed by atoms with Crippen molar-refractivity contribution in [2.75, 3.05) is 11.5 Å². The molecule has 1 aromatic carbocycles. The van der Waals surface area contributed by atoms with Crippen molar-refractivity contribution < 1.29 is 13.2 Å². The minimum atomic E-state index is -2.99. The third-order valence-corrected chi connectivity index (χ3v) is 5.15. The highest BCUT2D eigenvalue weighted by molar-refractivity contribution is 7.91. The quantitative estimate of drug-likeness (QED) is 0.785. The van der Waals surface area contributed by atoms with E-state index in [1.165, 1.54) is 5.56 Å². The third-order valence-electron chi connectivity index (χ3n) is 3.38. The van der Waals surface area contributed by atoms with Crippen LogP contribution in [-0.4, -0.2) is 25.7 Å². The largest absolute Gasteiger partial charge is 0.294 e. The fourth-order valence-electron chi connectivity index (χ4n) is 2.36. The number of carbonyl (C=O) groups is 1. The van der Waals surface area contributed by atoms with E-state index in [-0.39, 0.29) is 23.2 Å². The van der Waals surface area contributed by atoms with Crippen LogP contribution in [-0.2, 0) is 16.3 Å². The molecule has 1 fully saturated rings. The molecule has 1 saturated heterocycles. The summed E-state index contributed by atoms with van der Waals surface area (Å²) in [5.74, 6) is -0.203. The van der Waals surface area contributed by atoms with Gasteiger partial charge in [0.2, 0.25) is 0 Å². The van der Waals surface area contributed by atoms with E-state index in [1.807, 2.05) is 24.3 Å². The lowest BCUT2D eigenvalue weighted by Gasteiger charge is -2.07. The number of hydrogen-bond donors (Lipinski definition) is 0.